The highest BCUT2D eigenvalue weighted by atomic mass is 35.5. The average molecular weight is 388 g/mol. The molecule has 1 unspecified atom stereocenters. The lowest BCUT2D eigenvalue weighted by molar-refractivity contribution is 0.0699. The number of likely N-dealkylation sites (N-methyl/N-ethyl adjacent to an activating group) is 1. The molecule has 0 aliphatic carbocycles. The predicted octanol–water partition coefficient (Wildman–Crippen LogP) is 3.49. The number of hydrogen-bond donors (Lipinski definition) is 2. The molecule has 0 spiro atoms. The SMILES string of the molecule is CNC1CCCN(C(=O)c2ccccc2NC(=O)c2cccc(C)c2)C1.Cl. The number of amides is 2. The predicted molar refractivity (Wildman–Crippen MR) is 111 cm³/mol. The molecule has 0 saturated carbocycles. The summed E-state index contributed by atoms with van der Waals surface area (Å²) < 4.78 is 0. The van der Waals surface area contributed by atoms with Crippen LogP contribution in [0.2, 0.25) is 0 Å². The molecular formula is C21H26ClN3O2. The van der Waals surface area contributed by atoms with Crippen LogP contribution in [0.3, 0.4) is 0 Å². The van der Waals surface area contributed by atoms with Crippen LogP contribution in [0.4, 0.5) is 5.69 Å². The molecule has 27 heavy (non-hydrogen) atoms. The number of halogens is 1. The van der Waals surface area contributed by atoms with E-state index in [1.165, 1.54) is 0 Å². The maximum absolute atomic E-state index is 13.0. The van der Waals surface area contributed by atoms with Crippen molar-refractivity contribution in [2.45, 2.75) is 25.8 Å². The molecular weight excluding hydrogens is 362 g/mol. The molecule has 1 aliphatic rings. The molecule has 2 N–H and O–H groups in total. The van der Waals surface area contributed by atoms with Gasteiger partial charge in [0.1, 0.15) is 0 Å². The Morgan fingerprint density at radius 3 is 2.63 bits per heavy atom. The summed E-state index contributed by atoms with van der Waals surface area (Å²) in [5, 5.41) is 6.15. The van der Waals surface area contributed by atoms with E-state index >= 15 is 0 Å². The van der Waals surface area contributed by atoms with Gasteiger partial charge in [-0.05, 0) is 51.1 Å². The lowest BCUT2D eigenvalue weighted by Gasteiger charge is -2.33. The number of nitrogens with one attached hydrogen (secondary N) is 2. The summed E-state index contributed by atoms with van der Waals surface area (Å²) in [5.41, 5.74) is 2.69. The van der Waals surface area contributed by atoms with Crippen LogP contribution in [-0.4, -0.2) is 42.9 Å². The zero-order valence-electron chi connectivity index (χ0n) is 15.7. The minimum atomic E-state index is -0.208. The second-order valence-electron chi connectivity index (χ2n) is 6.75. The van der Waals surface area contributed by atoms with Crippen molar-refractivity contribution in [2.24, 2.45) is 0 Å². The Hall–Kier alpha value is -2.37. The summed E-state index contributed by atoms with van der Waals surface area (Å²) in [4.78, 5) is 27.4. The number of benzene rings is 2. The van der Waals surface area contributed by atoms with Gasteiger partial charge in [-0.15, -0.1) is 12.4 Å². The smallest absolute Gasteiger partial charge is 0.256 e. The van der Waals surface area contributed by atoms with E-state index in [-0.39, 0.29) is 24.2 Å². The highest BCUT2D eigenvalue weighted by Crippen LogP contribution is 2.21. The van der Waals surface area contributed by atoms with Crippen LogP contribution in [0.15, 0.2) is 48.5 Å². The average Bonchev–Trinajstić information content (AvgIpc) is 2.68. The van der Waals surface area contributed by atoms with Gasteiger partial charge in [-0.1, -0.05) is 29.8 Å². The van der Waals surface area contributed by atoms with Gasteiger partial charge < -0.3 is 15.5 Å². The number of para-hydroxylation sites is 1. The van der Waals surface area contributed by atoms with E-state index in [0.29, 0.717) is 29.4 Å². The van der Waals surface area contributed by atoms with Crippen LogP contribution in [0.5, 0.6) is 0 Å². The van der Waals surface area contributed by atoms with Crippen LogP contribution >= 0.6 is 12.4 Å². The second-order valence-corrected chi connectivity index (χ2v) is 6.75. The zero-order valence-corrected chi connectivity index (χ0v) is 16.5. The van der Waals surface area contributed by atoms with E-state index < -0.39 is 0 Å². The number of hydrogen-bond acceptors (Lipinski definition) is 3. The molecule has 1 heterocycles. The van der Waals surface area contributed by atoms with Crippen molar-refractivity contribution < 1.29 is 9.59 Å². The lowest BCUT2D eigenvalue weighted by atomic mass is 10.0. The maximum atomic E-state index is 13.0. The van der Waals surface area contributed by atoms with E-state index in [4.69, 9.17) is 0 Å². The molecule has 3 rings (SSSR count). The van der Waals surface area contributed by atoms with Crippen LogP contribution in [0.1, 0.15) is 39.1 Å². The fourth-order valence-electron chi connectivity index (χ4n) is 3.33. The summed E-state index contributed by atoms with van der Waals surface area (Å²) >= 11 is 0. The van der Waals surface area contributed by atoms with Gasteiger partial charge in [0.05, 0.1) is 11.3 Å². The fraction of sp³-hybridized carbons (Fsp3) is 0.333. The Morgan fingerprint density at radius 2 is 1.89 bits per heavy atom. The molecule has 1 atom stereocenters. The highest BCUT2D eigenvalue weighted by Gasteiger charge is 2.25. The molecule has 144 valence electrons. The van der Waals surface area contributed by atoms with E-state index in [1.54, 1.807) is 18.2 Å². The number of carbonyl (C=O) groups excluding carboxylic acids is 2. The van der Waals surface area contributed by atoms with Gasteiger partial charge in [-0.3, -0.25) is 9.59 Å². The van der Waals surface area contributed by atoms with Crippen molar-refractivity contribution in [1.82, 2.24) is 10.2 Å². The zero-order chi connectivity index (χ0) is 18.5. The van der Waals surface area contributed by atoms with Crippen LogP contribution < -0.4 is 10.6 Å². The molecule has 2 aromatic rings. The van der Waals surface area contributed by atoms with Crippen molar-refractivity contribution in [2.75, 3.05) is 25.5 Å². The molecule has 1 fully saturated rings. The maximum Gasteiger partial charge on any atom is 0.256 e. The van der Waals surface area contributed by atoms with Gasteiger partial charge in [0.2, 0.25) is 0 Å². The first-order valence-electron chi connectivity index (χ1n) is 9.02. The minimum Gasteiger partial charge on any atom is -0.337 e. The van der Waals surface area contributed by atoms with Crippen molar-refractivity contribution in [1.29, 1.82) is 0 Å². The number of carbonyl (C=O) groups is 2. The number of rotatable bonds is 4. The molecule has 2 aromatic carbocycles. The standard InChI is InChI=1S/C21H25N3O2.ClH/c1-15-7-5-8-16(13-15)20(25)23-19-11-4-3-10-18(19)21(26)24-12-6-9-17(14-24)22-2;/h3-5,7-8,10-11,13,17,22H,6,9,12,14H2,1-2H3,(H,23,25);1H. The third-order valence-electron chi connectivity index (χ3n) is 4.80. The number of anilines is 1. The molecule has 0 bridgehead atoms. The molecule has 1 saturated heterocycles. The van der Waals surface area contributed by atoms with Crippen LogP contribution in [0, 0.1) is 6.92 Å². The normalized spacial score (nSPS) is 16.4. The second kappa shape index (κ2) is 9.53. The first-order chi connectivity index (χ1) is 12.6. The van der Waals surface area contributed by atoms with Gasteiger partial charge in [-0.2, -0.15) is 0 Å². The Bertz CT molecular complexity index is 810. The van der Waals surface area contributed by atoms with Gasteiger partial charge in [-0.25, -0.2) is 0 Å². The van der Waals surface area contributed by atoms with E-state index in [9.17, 15) is 9.59 Å². The number of likely N-dealkylation sites (tertiary alicyclic amines) is 1. The fourth-order valence-corrected chi connectivity index (χ4v) is 3.33. The molecule has 0 aromatic heterocycles. The molecule has 5 nitrogen and oxygen atoms in total. The summed E-state index contributed by atoms with van der Waals surface area (Å²) in [6.07, 6.45) is 2.06. The van der Waals surface area contributed by atoms with Gasteiger partial charge in [0.25, 0.3) is 11.8 Å². The van der Waals surface area contributed by atoms with E-state index in [1.807, 2.05) is 49.2 Å². The van der Waals surface area contributed by atoms with E-state index in [0.717, 1.165) is 24.9 Å². The molecule has 2 amide bonds. The van der Waals surface area contributed by atoms with Crippen molar-refractivity contribution in [3.63, 3.8) is 0 Å². The first kappa shape index (κ1) is 20.9. The minimum absolute atomic E-state index is 0. The monoisotopic (exact) mass is 387 g/mol. The summed E-state index contributed by atoms with van der Waals surface area (Å²) in [7, 11) is 1.93. The summed E-state index contributed by atoms with van der Waals surface area (Å²) in [6, 6.07) is 14.9. The topological polar surface area (TPSA) is 61.4 Å². The quantitative estimate of drug-likeness (QED) is 0.844. The Balaban J connectivity index is 0.00000261. The highest BCUT2D eigenvalue weighted by molar-refractivity contribution is 6.09. The van der Waals surface area contributed by atoms with Crippen molar-refractivity contribution >= 4 is 29.9 Å². The Labute approximate surface area is 166 Å². The largest absolute Gasteiger partial charge is 0.337 e. The number of piperidine rings is 1. The Morgan fingerprint density at radius 1 is 1.11 bits per heavy atom. The van der Waals surface area contributed by atoms with Crippen molar-refractivity contribution in [3.8, 4) is 0 Å². The molecule has 6 heteroatoms. The molecule has 1 aliphatic heterocycles. The van der Waals surface area contributed by atoms with Crippen LogP contribution in [0.25, 0.3) is 0 Å². The van der Waals surface area contributed by atoms with Crippen molar-refractivity contribution in [3.05, 3.63) is 65.2 Å². The van der Waals surface area contributed by atoms with Gasteiger partial charge in [0.15, 0.2) is 0 Å². The summed E-state index contributed by atoms with van der Waals surface area (Å²) in [5.74, 6) is -0.245. The third kappa shape index (κ3) is 5.08. The number of aryl methyl sites for hydroxylation is 1. The van der Waals surface area contributed by atoms with E-state index in [2.05, 4.69) is 10.6 Å². The summed E-state index contributed by atoms with van der Waals surface area (Å²) in [6.45, 7) is 3.38. The van der Waals surface area contributed by atoms with Gasteiger partial charge in [0, 0.05) is 24.7 Å². The van der Waals surface area contributed by atoms with Gasteiger partial charge >= 0.3 is 0 Å². The van der Waals surface area contributed by atoms with Crippen LogP contribution in [-0.2, 0) is 0 Å². The third-order valence-corrected chi connectivity index (χ3v) is 4.80. The molecule has 0 radical (unpaired) electrons. The lowest BCUT2D eigenvalue weighted by Crippen LogP contribution is -2.47. The Kier molecular flexibility index (Phi) is 7.39. The number of nitrogens with zero attached hydrogens (tertiary/aromatic N) is 1. The first-order valence-corrected chi connectivity index (χ1v) is 9.02.